The molecule has 1 fully saturated rings. The molecule has 0 aliphatic carbocycles. The van der Waals surface area contributed by atoms with Crippen molar-refractivity contribution in [3.63, 3.8) is 0 Å². The van der Waals surface area contributed by atoms with Crippen LogP contribution in [-0.4, -0.2) is 17.5 Å². The summed E-state index contributed by atoms with van der Waals surface area (Å²) < 4.78 is 0. The van der Waals surface area contributed by atoms with Gasteiger partial charge < -0.3 is 5.32 Å². The Morgan fingerprint density at radius 2 is 1.94 bits per heavy atom. The van der Waals surface area contributed by atoms with E-state index in [9.17, 15) is 0 Å². The Hall–Kier alpha value is -1.14. The Morgan fingerprint density at radius 3 is 2.56 bits per heavy atom. The first-order valence-electron chi connectivity index (χ1n) is 5.68. The molecule has 1 aliphatic rings. The van der Waals surface area contributed by atoms with E-state index in [2.05, 4.69) is 23.5 Å². The lowest BCUT2D eigenvalue weighted by Gasteiger charge is -2.23. The molecule has 84 valence electrons. The average molecular weight is 232 g/mol. The number of benzene rings is 1. The van der Waals surface area contributed by atoms with Crippen molar-refractivity contribution in [1.29, 1.82) is 5.26 Å². The van der Waals surface area contributed by atoms with E-state index in [1.807, 2.05) is 23.9 Å². The number of rotatable bonds is 3. The minimum Gasteiger partial charge on any atom is -0.382 e. The van der Waals surface area contributed by atoms with Gasteiger partial charge in [0.15, 0.2) is 0 Å². The van der Waals surface area contributed by atoms with Crippen LogP contribution in [0.5, 0.6) is 0 Å². The minimum absolute atomic E-state index is 0.500. The molecule has 2 nitrogen and oxygen atoms in total. The summed E-state index contributed by atoms with van der Waals surface area (Å²) in [5.41, 5.74) is 2.27. The van der Waals surface area contributed by atoms with Crippen molar-refractivity contribution in [1.82, 2.24) is 0 Å². The Morgan fingerprint density at radius 1 is 1.25 bits per heavy atom. The molecule has 0 amide bonds. The van der Waals surface area contributed by atoms with Crippen LogP contribution in [0.1, 0.15) is 18.4 Å². The van der Waals surface area contributed by atoms with E-state index in [1.165, 1.54) is 30.0 Å². The molecule has 0 saturated carbocycles. The molecular weight excluding hydrogens is 216 g/mol. The summed E-state index contributed by atoms with van der Waals surface area (Å²) in [6, 6.07) is 11.0. The van der Waals surface area contributed by atoms with E-state index in [1.54, 1.807) is 0 Å². The molecule has 0 bridgehead atoms. The molecule has 0 radical (unpaired) electrons. The summed E-state index contributed by atoms with van der Waals surface area (Å²) in [6.07, 6.45) is 3.01. The molecule has 3 heteroatoms. The van der Waals surface area contributed by atoms with Crippen molar-refractivity contribution >= 4 is 17.4 Å². The lowest BCUT2D eigenvalue weighted by atomic mass is 10.1. The fourth-order valence-corrected chi connectivity index (χ4v) is 2.99. The Kier molecular flexibility index (Phi) is 4.12. The molecule has 0 aromatic heterocycles. The SMILES string of the molecule is N#CCc1ccc(NC2CCSCC2)cc1. The molecule has 2 rings (SSSR count). The van der Waals surface area contributed by atoms with Crippen molar-refractivity contribution < 1.29 is 0 Å². The molecule has 1 aromatic carbocycles. The third-order valence-corrected chi connectivity index (χ3v) is 3.88. The molecule has 1 heterocycles. The summed E-state index contributed by atoms with van der Waals surface area (Å²) in [6.45, 7) is 0. The minimum atomic E-state index is 0.500. The molecule has 0 spiro atoms. The van der Waals surface area contributed by atoms with E-state index in [0.29, 0.717) is 12.5 Å². The standard InChI is InChI=1S/C13H16N2S/c14-8-5-11-1-3-12(4-2-11)15-13-6-9-16-10-7-13/h1-4,13,15H,5-7,9-10H2. The first-order valence-corrected chi connectivity index (χ1v) is 6.84. The van der Waals surface area contributed by atoms with Crippen molar-refractivity contribution in [2.24, 2.45) is 0 Å². The first-order chi connectivity index (χ1) is 7.88. The van der Waals surface area contributed by atoms with Gasteiger partial charge in [-0.2, -0.15) is 17.0 Å². The maximum atomic E-state index is 8.58. The Bertz CT molecular complexity index is 361. The van der Waals surface area contributed by atoms with Crippen LogP contribution in [0.25, 0.3) is 0 Å². The van der Waals surface area contributed by atoms with Crippen LogP contribution in [-0.2, 0) is 6.42 Å². The highest BCUT2D eigenvalue weighted by Gasteiger charge is 2.12. The van der Waals surface area contributed by atoms with Crippen LogP contribution in [0.15, 0.2) is 24.3 Å². The average Bonchev–Trinajstić information content (AvgIpc) is 2.33. The summed E-state index contributed by atoms with van der Waals surface area (Å²) in [7, 11) is 0. The van der Waals surface area contributed by atoms with E-state index in [-0.39, 0.29) is 0 Å². The van der Waals surface area contributed by atoms with E-state index < -0.39 is 0 Å². The van der Waals surface area contributed by atoms with Gasteiger partial charge in [-0.3, -0.25) is 0 Å². The number of nitrogens with one attached hydrogen (secondary N) is 1. The normalized spacial score (nSPS) is 16.7. The maximum absolute atomic E-state index is 8.58. The van der Waals surface area contributed by atoms with Crippen molar-refractivity contribution in [3.05, 3.63) is 29.8 Å². The molecule has 1 aliphatic heterocycles. The number of nitrogens with zero attached hydrogens (tertiary/aromatic N) is 1. The maximum Gasteiger partial charge on any atom is 0.0669 e. The highest BCUT2D eigenvalue weighted by Crippen LogP contribution is 2.21. The number of anilines is 1. The molecule has 0 atom stereocenters. The van der Waals surface area contributed by atoms with Crippen LogP contribution >= 0.6 is 11.8 Å². The van der Waals surface area contributed by atoms with Gasteiger partial charge in [-0.05, 0) is 42.0 Å². The van der Waals surface area contributed by atoms with Crippen molar-refractivity contribution in [2.75, 3.05) is 16.8 Å². The van der Waals surface area contributed by atoms with Crippen molar-refractivity contribution in [2.45, 2.75) is 25.3 Å². The van der Waals surface area contributed by atoms with E-state index in [4.69, 9.17) is 5.26 Å². The topological polar surface area (TPSA) is 35.8 Å². The van der Waals surface area contributed by atoms with Crippen LogP contribution in [0.3, 0.4) is 0 Å². The zero-order chi connectivity index (χ0) is 11.2. The van der Waals surface area contributed by atoms with Gasteiger partial charge in [0.1, 0.15) is 0 Å². The molecule has 0 unspecified atom stereocenters. The molecule has 1 saturated heterocycles. The lowest BCUT2D eigenvalue weighted by molar-refractivity contribution is 0.667. The van der Waals surface area contributed by atoms with Gasteiger partial charge in [-0.15, -0.1) is 0 Å². The van der Waals surface area contributed by atoms with Crippen LogP contribution in [0, 0.1) is 11.3 Å². The number of hydrogen-bond donors (Lipinski definition) is 1. The third-order valence-electron chi connectivity index (χ3n) is 2.83. The smallest absolute Gasteiger partial charge is 0.0669 e. The monoisotopic (exact) mass is 232 g/mol. The van der Waals surface area contributed by atoms with Crippen LogP contribution in [0.2, 0.25) is 0 Å². The van der Waals surface area contributed by atoms with Gasteiger partial charge in [-0.25, -0.2) is 0 Å². The summed E-state index contributed by atoms with van der Waals surface area (Å²) >= 11 is 2.04. The van der Waals surface area contributed by atoms with Gasteiger partial charge >= 0.3 is 0 Å². The first kappa shape index (κ1) is 11.3. The lowest BCUT2D eigenvalue weighted by Crippen LogP contribution is -2.24. The van der Waals surface area contributed by atoms with Crippen LogP contribution in [0.4, 0.5) is 5.69 Å². The van der Waals surface area contributed by atoms with Crippen LogP contribution < -0.4 is 5.32 Å². The summed E-state index contributed by atoms with van der Waals surface area (Å²) in [4.78, 5) is 0. The zero-order valence-corrected chi connectivity index (χ0v) is 10.1. The zero-order valence-electron chi connectivity index (χ0n) is 9.28. The Balaban J connectivity index is 1.91. The van der Waals surface area contributed by atoms with Gasteiger partial charge in [0.25, 0.3) is 0 Å². The highest BCUT2D eigenvalue weighted by molar-refractivity contribution is 7.99. The Labute approximate surface area is 101 Å². The number of hydrogen-bond acceptors (Lipinski definition) is 3. The highest BCUT2D eigenvalue weighted by atomic mass is 32.2. The van der Waals surface area contributed by atoms with Gasteiger partial charge in [0, 0.05) is 11.7 Å². The predicted octanol–water partition coefficient (Wildman–Crippen LogP) is 3.06. The molecule has 1 N–H and O–H groups in total. The second-order valence-electron chi connectivity index (χ2n) is 4.06. The largest absolute Gasteiger partial charge is 0.382 e. The van der Waals surface area contributed by atoms with Gasteiger partial charge in [-0.1, -0.05) is 12.1 Å². The second kappa shape index (κ2) is 5.81. The quantitative estimate of drug-likeness (QED) is 0.870. The number of nitriles is 1. The number of thioether (sulfide) groups is 1. The predicted molar refractivity (Wildman–Crippen MR) is 69.7 cm³/mol. The second-order valence-corrected chi connectivity index (χ2v) is 5.29. The summed E-state index contributed by atoms with van der Waals surface area (Å²) in [5, 5.41) is 12.1. The molecular formula is C13H16N2S. The fraction of sp³-hybridized carbons (Fsp3) is 0.462. The van der Waals surface area contributed by atoms with Gasteiger partial charge in [0.05, 0.1) is 12.5 Å². The fourth-order valence-electron chi connectivity index (χ4n) is 1.89. The third kappa shape index (κ3) is 3.18. The summed E-state index contributed by atoms with van der Waals surface area (Å²) in [5.74, 6) is 2.54. The van der Waals surface area contributed by atoms with E-state index >= 15 is 0 Å². The van der Waals surface area contributed by atoms with Gasteiger partial charge in [0.2, 0.25) is 0 Å². The molecule has 1 aromatic rings. The van der Waals surface area contributed by atoms with Crippen molar-refractivity contribution in [3.8, 4) is 6.07 Å². The molecule has 16 heavy (non-hydrogen) atoms. The van der Waals surface area contributed by atoms with E-state index in [0.717, 1.165) is 5.56 Å².